The molecule has 0 spiro atoms. The van der Waals surface area contributed by atoms with Gasteiger partial charge in [-0.05, 0) is 37.3 Å². The molecular weight excluding hydrogens is 436 g/mol. The molecule has 1 fully saturated rings. The van der Waals surface area contributed by atoms with Crippen LogP contribution in [0.4, 0.5) is 5.69 Å². The average Bonchev–Trinajstić information content (AvgIpc) is 3.53. The van der Waals surface area contributed by atoms with Gasteiger partial charge in [0.25, 0.3) is 5.91 Å². The van der Waals surface area contributed by atoms with Crippen molar-refractivity contribution in [3.8, 4) is 0 Å². The van der Waals surface area contributed by atoms with E-state index >= 15 is 0 Å². The van der Waals surface area contributed by atoms with Gasteiger partial charge in [-0.2, -0.15) is 0 Å². The normalized spacial score (nSPS) is 20.8. The molecule has 1 saturated carbocycles. The fraction of sp³-hybridized carbons (Fsp3) is 0.400. The number of rotatable bonds is 5. The van der Waals surface area contributed by atoms with E-state index in [4.69, 9.17) is 0 Å². The molecule has 1 aliphatic carbocycles. The molecule has 0 saturated heterocycles. The Kier molecular flexibility index (Phi) is 5.48. The first kappa shape index (κ1) is 21.7. The van der Waals surface area contributed by atoms with Crippen LogP contribution in [0.1, 0.15) is 54.9 Å². The van der Waals surface area contributed by atoms with E-state index in [-0.39, 0.29) is 23.8 Å². The van der Waals surface area contributed by atoms with Crippen molar-refractivity contribution in [2.75, 3.05) is 5.32 Å². The van der Waals surface area contributed by atoms with Crippen LogP contribution < -0.4 is 10.6 Å². The molecule has 1 aliphatic heterocycles. The highest BCUT2D eigenvalue weighted by Crippen LogP contribution is 2.39. The molecule has 0 radical (unpaired) electrons. The van der Waals surface area contributed by atoms with E-state index in [9.17, 15) is 14.4 Å². The molecule has 8 heteroatoms. The van der Waals surface area contributed by atoms with Crippen LogP contribution in [-0.2, 0) is 22.7 Å². The molecule has 2 aromatic heterocycles. The highest BCUT2D eigenvalue weighted by Gasteiger charge is 2.49. The van der Waals surface area contributed by atoms with Gasteiger partial charge in [-0.1, -0.05) is 37.1 Å². The SMILES string of the molecule is CC(=O)Nc1c2n(c3ccccc13)C[C@](C)(C(=O)NC1CCCC1)N(Cc1cccs1)C2=O. The molecule has 33 heavy (non-hydrogen) atoms. The molecule has 5 rings (SSSR count). The molecule has 0 unspecified atom stereocenters. The number of carbonyl (C=O) groups excluding carboxylic acids is 3. The molecule has 3 aromatic rings. The lowest BCUT2D eigenvalue weighted by Gasteiger charge is -2.44. The quantitative estimate of drug-likeness (QED) is 0.595. The number of carbonyl (C=O) groups is 3. The van der Waals surface area contributed by atoms with E-state index in [2.05, 4.69) is 10.6 Å². The summed E-state index contributed by atoms with van der Waals surface area (Å²) in [5.74, 6) is -0.610. The first-order valence-electron chi connectivity index (χ1n) is 11.4. The molecular formula is C25H28N4O3S. The van der Waals surface area contributed by atoms with E-state index in [0.29, 0.717) is 24.5 Å². The van der Waals surface area contributed by atoms with E-state index in [1.807, 2.05) is 53.3 Å². The number of aromatic nitrogens is 1. The maximum atomic E-state index is 14.1. The topological polar surface area (TPSA) is 83.4 Å². The minimum absolute atomic E-state index is 0.121. The Bertz CT molecular complexity index is 1230. The molecule has 2 aliphatic rings. The van der Waals surface area contributed by atoms with Gasteiger partial charge in [0.15, 0.2) is 0 Å². The summed E-state index contributed by atoms with van der Waals surface area (Å²) in [6.07, 6.45) is 4.19. The largest absolute Gasteiger partial charge is 0.351 e. The number of amides is 3. The first-order valence-corrected chi connectivity index (χ1v) is 12.3. The smallest absolute Gasteiger partial charge is 0.273 e. The van der Waals surface area contributed by atoms with Crippen LogP contribution in [0.5, 0.6) is 0 Å². The third kappa shape index (κ3) is 3.72. The Morgan fingerprint density at radius 2 is 1.91 bits per heavy atom. The predicted octanol–water partition coefficient (Wildman–Crippen LogP) is 4.13. The summed E-state index contributed by atoms with van der Waals surface area (Å²) in [5.41, 5.74) is 0.707. The number of hydrogen-bond donors (Lipinski definition) is 2. The Balaban J connectivity index is 1.64. The number of nitrogens with one attached hydrogen (secondary N) is 2. The second-order valence-electron chi connectivity index (χ2n) is 9.21. The van der Waals surface area contributed by atoms with Crippen LogP contribution in [-0.4, -0.2) is 38.8 Å². The minimum atomic E-state index is -1.06. The summed E-state index contributed by atoms with van der Waals surface area (Å²) in [6.45, 7) is 3.96. The molecule has 1 atom stereocenters. The molecule has 3 amide bonds. The number of nitrogens with zero attached hydrogens (tertiary/aromatic N) is 2. The van der Waals surface area contributed by atoms with E-state index in [1.54, 1.807) is 16.2 Å². The molecule has 0 bridgehead atoms. The average molecular weight is 465 g/mol. The lowest BCUT2D eigenvalue weighted by Crippen LogP contribution is -2.64. The van der Waals surface area contributed by atoms with Gasteiger partial charge in [-0.15, -0.1) is 11.3 Å². The monoisotopic (exact) mass is 464 g/mol. The van der Waals surface area contributed by atoms with E-state index in [0.717, 1.165) is 41.5 Å². The molecule has 2 N–H and O–H groups in total. The summed E-state index contributed by atoms with van der Waals surface area (Å²) in [6, 6.07) is 11.7. The van der Waals surface area contributed by atoms with Crippen LogP contribution >= 0.6 is 11.3 Å². The number of para-hydroxylation sites is 1. The highest BCUT2D eigenvalue weighted by molar-refractivity contribution is 7.09. The summed E-state index contributed by atoms with van der Waals surface area (Å²) in [5, 5.41) is 8.87. The summed E-state index contributed by atoms with van der Waals surface area (Å²) in [7, 11) is 0. The standard InChI is InChI=1S/C25H28N4O3S/c1-16(30)26-21-19-11-5-6-12-20(19)28-15-25(2,24(32)27-17-8-3-4-9-17)29(23(31)22(21)28)14-18-10-7-13-33-18/h5-7,10-13,17H,3-4,8-9,14-15H2,1-2H3,(H,26,30)(H,27,32)/t25-/m1/s1. The van der Waals surface area contributed by atoms with Crippen LogP contribution in [0.25, 0.3) is 10.9 Å². The maximum Gasteiger partial charge on any atom is 0.273 e. The van der Waals surface area contributed by atoms with Gasteiger partial charge in [0.1, 0.15) is 11.2 Å². The van der Waals surface area contributed by atoms with Crippen molar-refractivity contribution in [3.05, 3.63) is 52.3 Å². The number of benzene rings is 1. The lowest BCUT2D eigenvalue weighted by molar-refractivity contribution is -0.133. The van der Waals surface area contributed by atoms with Gasteiger partial charge >= 0.3 is 0 Å². The van der Waals surface area contributed by atoms with Crippen LogP contribution in [0, 0.1) is 0 Å². The second-order valence-corrected chi connectivity index (χ2v) is 10.2. The molecule has 7 nitrogen and oxygen atoms in total. The fourth-order valence-electron chi connectivity index (χ4n) is 5.15. The van der Waals surface area contributed by atoms with Crippen LogP contribution in [0.3, 0.4) is 0 Å². The van der Waals surface area contributed by atoms with Crippen molar-refractivity contribution in [3.63, 3.8) is 0 Å². The zero-order valence-corrected chi connectivity index (χ0v) is 19.7. The Hall–Kier alpha value is -3.13. The van der Waals surface area contributed by atoms with Crippen molar-refractivity contribution in [1.82, 2.24) is 14.8 Å². The zero-order chi connectivity index (χ0) is 23.2. The van der Waals surface area contributed by atoms with Crippen molar-refractivity contribution >= 4 is 45.6 Å². The summed E-state index contributed by atoms with van der Waals surface area (Å²) in [4.78, 5) is 42.5. The Morgan fingerprint density at radius 3 is 2.61 bits per heavy atom. The van der Waals surface area contributed by atoms with Crippen molar-refractivity contribution in [2.24, 2.45) is 0 Å². The third-order valence-electron chi connectivity index (χ3n) is 6.86. The predicted molar refractivity (Wildman–Crippen MR) is 129 cm³/mol. The first-order chi connectivity index (χ1) is 15.9. The molecule has 172 valence electrons. The lowest BCUT2D eigenvalue weighted by atomic mass is 9.93. The third-order valence-corrected chi connectivity index (χ3v) is 7.72. The molecule has 1 aromatic carbocycles. The Morgan fingerprint density at radius 1 is 1.15 bits per heavy atom. The number of fused-ring (bicyclic) bond motifs is 3. The van der Waals surface area contributed by atoms with Gasteiger partial charge in [-0.3, -0.25) is 14.4 Å². The Labute approximate surface area is 196 Å². The second kappa shape index (κ2) is 8.33. The fourth-order valence-corrected chi connectivity index (χ4v) is 5.84. The van der Waals surface area contributed by atoms with Gasteiger partial charge in [0.2, 0.25) is 11.8 Å². The van der Waals surface area contributed by atoms with Crippen molar-refractivity contribution in [2.45, 2.75) is 64.2 Å². The minimum Gasteiger partial charge on any atom is -0.351 e. The maximum absolute atomic E-state index is 14.1. The summed E-state index contributed by atoms with van der Waals surface area (Å²) >= 11 is 1.56. The molecule has 3 heterocycles. The van der Waals surface area contributed by atoms with E-state index < -0.39 is 5.54 Å². The van der Waals surface area contributed by atoms with Gasteiger partial charge in [-0.25, -0.2) is 0 Å². The van der Waals surface area contributed by atoms with Crippen molar-refractivity contribution < 1.29 is 14.4 Å². The summed E-state index contributed by atoms with van der Waals surface area (Å²) < 4.78 is 1.90. The van der Waals surface area contributed by atoms with Crippen molar-refractivity contribution in [1.29, 1.82) is 0 Å². The highest BCUT2D eigenvalue weighted by atomic mass is 32.1. The number of anilines is 1. The number of hydrogen-bond acceptors (Lipinski definition) is 4. The zero-order valence-electron chi connectivity index (χ0n) is 18.9. The van der Waals surface area contributed by atoms with Gasteiger partial charge in [0, 0.05) is 23.2 Å². The van der Waals surface area contributed by atoms with Gasteiger partial charge in [0.05, 0.1) is 24.3 Å². The number of thiophene rings is 1. The van der Waals surface area contributed by atoms with Crippen LogP contribution in [0.15, 0.2) is 41.8 Å². The van der Waals surface area contributed by atoms with Crippen LogP contribution in [0.2, 0.25) is 0 Å². The van der Waals surface area contributed by atoms with Gasteiger partial charge < -0.3 is 20.1 Å². The van der Waals surface area contributed by atoms with E-state index in [1.165, 1.54) is 6.92 Å².